The maximum atomic E-state index is 13.0. The molecule has 0 saturated carbocycles. The van der Waals surface area contributed by atoms with Crippen LogP contribution in [-0.2, 0) is 0 Å². The minimum absolute atomic E-state index is 0.0387. The zero-order chi connectivity index (χ0) is 23.3. The monoisotopic (exact) mass is 453 g/mol. The summed E-state index contributed by atoms with van der Waals surface area (Å²) in [7, 11) is 0. The van der Waals surface area contributed by atoms with E-state index in [1.165, 1.54) is 0 Å². The van der Waals surface area contributed by atoms with Crippen molar-refractivity contribution in [3.8, 4) is 5.69 Å². The minimum Gasteiger partial charge on any atom is -0.336 e. The molecule has 4 aromatic rings. The molecule has 34 heavy (non-hydrogen) atoms. The summed E-state index contributed by atoms with van der Waals surface area (Å²) in [5, 5.41) is 15.0. The first-order chi connectivity index (χ1) is 16.7. The maximum absolute atomic E-state index is 13.0. The largest absolute Gasteiger partial charge is 0.336 e. The number of tetrazole rings is 1. The molecule has 0 aliphatic carbocycles. The first kappa shape index (κ1) is 21.3. The first-order valence-corrected chi connectivity index (χ1v) is 11.0. The van der Waals surface area contributed by atoms with Crippen molar-refractivity contribution in [2.45, 2.75) is 0 Å². The average molecular weight is 454 g/mol. The van der Waals surface area contributed by atoms with Gasteiger partial charge in [0, 0.05) is 43.0 Å². The fourth-order valence-corrected chi connectivity index (χ4v) is 3.90. The lowest BCUT2D eigenvalue weighted by atomic mass is 10.1. The van der Waals surface area contributed by atoms with Gasteiger partial charge in [0.25, 0.3) is 11.8 Å². The molecule has 2 heterocycles. The number of para-hydroxylation sites is 1. The van der Waals surface area contributed by atoms with Crippen LogP contribution < -0.4 is 10.2 Å². The van der Waals surface area contributed by atoms with E-state index in [0.29, 0.717) is 48.9 Å². The molecule has 3 aromatic carbocycles. The van der Waals surface area contributed by atoms with Gasteiger partial charge in [0.05, 0.1) is 5.69 Å². The number of carbonyl (C=O) groups excluding carboxylic acids is 2. The lowest BCUT2D eigenvalue weighted by molar-refractivity contribution is 0.0746. The number of hydrogen-bond donors (Lipinski definition) is 1. The highest BCUT2D eigenvalue weighted by molar-refractivity contribution is 6.04. The van der Waals surface area contributed by atoms with Crippen molar-refractivity contribution in [2.75, 3.05) is 36.4 Å². The normalized spacial score (nSPS) is 13.5. The third kappa shape index (κ3) is 4.49. The predicted molar refractivity (Wildman–Crippen MR) is 128 cm³/mol. The van der Waals surface area contributed by atoms with Crippen LogP contribution in [0.3, 0.4) is 0 Å². The Morgan fingerprint density at radius 3 is 2.06 bits per heavy atom. The van der Waals surface area contributed by atoms with E-state index in [4.69, 9.17) is 0 Å². The number of hydrogen-bond acceptors (Lipinski definition) is 6. The summed E-state index contributed by atoms with van der Waals surface area (Å²) in [6.07, 6.45) is 0. The van der Waals surface area contributed by atoms with E-state index in [1.54, 1.807) is 41.1 Å². The van der Waals surface area contributed by atoms with Gasteiger partial charge >= 0.3 is 0 Å². The Morgan fingerprint density at radius 2 is 1.38 bits per heavy atom. The number of benzene rings is 3. The molecule has 1 N–H and O–H groups in total. The Labute approximate surface area is 196 Å². The van der Waals surface area contributed by atoms with Crippen LogP contribution in [-0.4, -0.2) is 63.1 Å². The fraction of sp³-hybridized carbons (Fsp3) is 0.160. The molecule has 0 bridgehead atoms. The molecular formula is C25H23N7O2. The summed E-state index contributed by atoms with van der Waals surface area (Å²) >= 11 is 0. The van der Waals surface area contributed by atoms with Gasteiger partial charge in [0.15, 0.2) is 0 Å². The highest BCUT2D eigenvalue weighted by atomic mass is 16.2. The molecule has 9 nitrogen and oxygen atoms in total. The first-order valence-electron chi connectivity index (χ1n) is 11.0. The van der Waals surface area contributed by atoms with Crippen molar-refractivity contribution < 1.29 is 9.59 Å². The second-order valence-corrected chi connectivity index (χ2v) is 7.90. The summed E-state index contributed by atoms with van der Waals surface area (Å²) in [5.41, 5.74) is 2.70. The van der Waals surface area contributed by atoms with Gasteiger partial charge < -0.3 is 15.1 Å². The van der Waals surface area contributed by atoms with E-state index in [0.717, 1.165) is 5.69 Å². The van der Waals surface area contributed by atoms with Gasteiger partial charge in [0.2, 0.25) is 5.95 Å². The summed E-state index contributed by atoms with van der Waals surface area (Å²) in [4.78, 5) is 29.2. The zero-order valence-electron chi connectivity index (χ0n) is 18.4. The Morgan fingerprint density at radius 1 is 0.735 bits per heavy atom. The highest BCUT2D eigenvalue weighted by Gasteiger charge is 2.25. The van der Waals surface area contributed by atoms with E-state index in [-0.39, 0.29) is 11.8 Å². The van der Waals surface area contributed by atoms with E-state index < -0.39 is 0 Å². The molecule has 0 unspecified atom stereocenters. The molecule has 5 rings (SSSR count). The number of carbonyl (C=O) groups is 2. The van der Waals surface area contributed by atoms with Crippen LogP contribution in [0.2, 0.25) is 0 Å². The molecule has 1 fully saturated rings. The topological polar surface area (TPSA) is 96.2 Å². The maximum Gasteiger partial charge on any atom is 0.255 e. The number of amides is 2. The van der Waals surface area contributed by atoms with Crippen LogP contribution in [0.4, 0.5) is 11.6 Å². The third-order valence-corrected chi connectivity index (χ3v) is 5.73. The molecule has 170 valence electrons. The van der Waals surface area contributed by atoms with E-state index in [1.807, 2.05) is 53.4 Å². The Kier molecular flexibility index (Phi) is 5.98. The van der Waals surface area contributed by atoms with Gasteiger partial charge in [-0.25, -0.2) is 0 Å². The number of aromatic nitrogens is 4. The third-order valence-electron chi connectivity index (χ3n) is 5.73. The van der Waals surface area contributed by atoms with Crippen molar-refractivity contribution in [2.24, 2.45) is 0 Å². The second-order valence-electron chi connectivity index (χ2n) is 7.90. The minimum atomic E-state index is -0.186. The molecular weight excluding hydrogens is 430 g/mol. The molecule has 1 aliphatic heterocycles. The van der Waals surface area contributed by atoms with Crippen molar-refractivity contribution in [3.05, 3.63) is 96.1 Å². The molecule has 0 radical (unpaired) electrons. The second kappa shape index (κ2) is 9.53. The van der Waals surface area contributed by atoms with Crippen molar-refractivity contribution in [3.63, 3.8) is 0 Å². The smallest absolute Gasteiger partial charge is 0.255 e. The molecule has 2 amide bonds. The van der Waals surface area contributed by atoms with Crippen LogP contribution in [0.25, 0.3) is 5.69 Å². The summed E-state index contributed by atoms with van der Waals surface area (Å²) in [6.45, 7) is 2.38. The number of nitrogens with one attached hydrogen (secondary N) is 1. The van der Waals surface area contributed by atoms with Crippen LogP contribution in [0.1, 0.15) is 20.7 Å². The number of piperazine rings is 1. The van der Waals surface area contributed by atoms with Crippen molar-refractivity contribution in [1.29, 1.82) is 0 Å². The highest BCUT2D eigenvalue weighted by Crippen LogP contribution is 2.19. The Balaban J connectivity index is 1.20. The number of rotatable bonds is 5. The lowest BCUT2D eigenvalue weighted by Crippen LogP contribution is -2.49. The van der Waals surface area contributed by atoms with Gasteiger partial charge in [-0.15, -0.1) is 0 Å². The average Bonchev–Trinajstić information content (AvgIpc) is 3.40. The van der Waals surface area contributed by atoms with E-state index in [9.17, 15) is 9.59 Å². The van der Waals surface area contributed by atoms with Gasteiger partial charge in [0.1, 0.15) is 0 Å². The van der Waals surface area contributed by atoms with Gasteiger partial charge in [-0.2, -0.15) is 4.68 Å². The standard InChI is InChI=1S/C25H23N7O2/c33-23(19-7-3-1-4-8-19)26-21-13-11-20(12-14-21)24(34)30-15-17-31(18-16-30)25-27-28-29-32(25)22-9-5-2-6-10-22/h1-14H,15-18H2,(H,26,33). The predicted octanol–water partition coefficient (Wildman–Crippen LogP) is 2.88. The van der Waals surface area contributed by atoms with Crippen LogP contribution in [0.15, 0.2) is 84.9 Å². The summed E-state index contributed by atoms with van der Waals surface area (Å²) in [6, 6.07) is 25.7. The Bertz CT molecular complexity index is 1270. The lowest BCUT2D eigenvalue weighted by Gasteiger charge is -2.34. The van der Waals surface area contributed by atoms with Gasteiger partial charge in [-0.3, -0.25) is 9.59 Å². The molecule has 0 spiro atoms. The van der Waals surface area contributed by atoms with Crippen molar-refractivity contribution >= 4 is 23.5 Å². The Hall–Kier alpha value is -4.53. The quantitative estimate of drug-likeness (QED) is 0.499. The zero-order valence-corrected chi connectivity index (χ0v) is 18.4. The molecule has 1 saturated heterocycles. The van der Waals surface area contributed by atoms with Crippen LogP contribution in [0.5, 0.6) is 0 Å². The van der Waals surface area contributed by atoms with Gasteiger partial charge in [-0.1, -0.05) is 41.5 Å². The van der Waals surface area contributed by atoms with Crippen LogP contribution >= 0.6 is 0 Å². The summed E-state index contributed by atoms with van der Waals surface area (Å²) in [5.74, 6) is 0.439. The molecule has 1 aliphatic rings. The number of anilines is 2. The van der Waals surface area contributed by atoms with Crippen LogP contribution in [0, 0.1) is 0 Å². The molecule has 1 aromatic heterocycles. The number of nitrogens with zero attached hydrogens (tertiary/aromatic N) is 6. The van der Waals surface area contributed by atoms with E-state index >= 15 is 0 Å². The van der Waals surface area contributed by atoms with Gasteiger partial charge in [-0.05, 0) is 59.0 Å². The molecule has 9 heteroatoms. The SMILES string of the molecule is O=C(Nc1ccc(C(=O)N2CCN(c3nnnn3-c3ccccc3)CC2)cc1)c1ccccc1. The summed E-state index contributed by atoms with van der Waals surface area (Å²) < 4.78 is 1.71. The van der Waals surface area contributed by atoms with E-state index in [2.05, 4.69) is 25.7 Å². The fourth-order valence-electron chi connectivity index (χ4n) is 3.90. The van der Waals surface area contributed by atoms with Crippen molar-refractivity contribution in [1.82, 2.24) is 25.1 Å². The molecule has 0 atom stereocenters.